The van der Waals surface area contributed by atoms with Gasteiger partial charge in [0.25, 0.3) is 5.91 Å². The molecule has 0 saturated heterocycles. The molecule has 0 aliphatic carbocycles. The number of carbonyl (C=O) groups is 1. The molecule has 5 nitrogen and oxygen atoms in total. The number of hydrogen-bond donors (Lipinski definition) is 1. The summed E-state index contributed by atoms with van der Waals surface area (Å²) in [7, 11) is 1.55. The maximum absolute atomic E-state index is 12.6. The molecule has 0 atom stereocenters. The van der Waals surface area contributed by atoms with Crippen molar-refractivity contribution in [2.24, 2.45) is 0 Å². The highest BCUT2D eigenvalue weighted by Crippen LogP contribution is 2.30. The van der Waals surface area contributed by atoms with Gasteiger partial charge in [-0.1, -0.05) is 46.3 Å². The van der Waals surface area contributed by atoms with E-state index < -0.39 is 5.91 Å². The fraction of sp³-hybridized carbons (Fsp3) is 0.154. The molecule has 0 heterocycles. The van der Waals surface area contributed by atoms with Crippen LogP contribution in [0, 0.1) is 25.2 Å². The zero-order valence-corrected chi connectivity index (χ0v) is 19.7. The van der Waals surface area contributed by atoms with Crippen LogP contribution in [0.15, 0.2) is 70.7 Å². The molecule has 0 fully saturated rings. The van der Waals surface area contributed by atoms with Crippen LogP contribution in [0.5, 0.6) is 11.5 Å². The van der Waals surface area contributed by atoms with Crippen molar-refractivity contribution < 1.29 is 14.3 Å². The second-order valence-corrected chi connectivity index (χ2v) is 8.07. The van der Waals surface area contributed by atoms with Gasteiger partial charge in [0.1, 0.15) is 18.2 Å². The minimum atomic E-state index is -0.469. The number of methoxy groups -OCH3 is 1. The van der Waals surface area contributed by atoms with Crippen molar-refractivity contribution in [2.45, 2.75) is 20.5 Å². The number of benzene rings is 3. The molecule has 3 rings (SSSR count). The number of anilines is 1. The molecule has 0 saturated carbocycles. The number of nitriles is 1. The highest BCUT2D eigenvalue weighted by Gasteiger charge is 2.12. The first-order valence-corrected chi connectivity index (χ1v) is 10.7. The Morgan fingerprint density at radius 2 is 1.84 bits per heavy atom. The van der Waals surface area contributed by atoms with Crippen LogP contribution >= 0.6 is 15.9 Å². The van der Waals surface area contributed by atoms with Gasteiger partial charge in [0.05, 0.1) is 7.11 Å². The van der Waals surface area contributed by atoms with Gasteiger partial charge in [-0.05, 0) is 66.9 Å². The Morgan fingerprint density at radius 1 is 1.06 bits per heavy atom. The summed E-state index contributed by atoms with van der Waals surface area (Å²) in [4.78, 5) is 12.6. The van der Waals surface area contributed by atoms with E-state index in [0.717, 1.165) is 21.2 Å². The predicted octanol–water partition coefficient (Wildman–Crippen LogP) is 6.20. The third-order valence-corrected chi connectivity index (χ3v) is 5.74. The molecule has 0 bridgehead atoms. The first kappa shape index (κ1) is 23.1. The number of rotatable bonds is 7. The van der Waals surface area contributed by atoms with Crippen LogP contribution < -0.4 is 14.8 Å². The number of hydrogen-bond acceptors (Lipinski definition) is 4. The van der Waals surface area contributed by atoms with Gasteiger partial charge in [-0.2, -0.15) is 5.26 Å². The number of nitrogens with zero attached hydrogens (tertiary/aromatic N) is 1. The maximum Gasteiger partial charge on any atom is 0.266 e. The molecule has 6 heteroatoms. The summed E-state index contributed by atoms with van der Waals surface area (Å²) in [5.74, 6) is 0.611. The molecule has 0 aromatic heterocycles. The van der Waals surface area contributed by atoms with E-state index in [1.165, 1.54) is 6.08 Å². The van der Waals surface area contributed by atoms with Gasteiger partial charge in [0, 0.05) is 15.7 Å². The van der Waals surface area contributed by atoms with Crippen LogP contribution in [-0.4, -0.2) is 13.0 Å². The molecule has 32 heavy (non-hydrogen) atoms. The number of ether oxygens (including phenoxy) is 2. The highest BCUT2D eigenvalue weighted by atomic mass is 79.9. The van der Waals surface area contributed by atoms with Crippen molar-refractivity contribution in [3.05, 3.63) is 93.0 Å². The molecule has 1 N–H and O–H groups in total. The van der Waals surface area contributed by atoms with Crippen molar-refractivity contribution >= 4 is 33.6 Å². The lowest BCUT2D eigenvalue weighted by atomic mass is 10.1. The zero-order valence-electron chi connectivity index (χ0n) is 18.1. The lowest BCUT2D eigenvalue weighted by Gasteiger charge is -2.12. The van der Waals surface area contributed by atoms with E-state index in [0.29, 0.717) is 29.4 Å². The first-order chi connectivity index (χ1) is 15.4. The van der Waals surface area contributed by atoms with Crippen molar-refractivity contribution in [2.75, 3.05) is 12.4 Å². The molecule has 0 spiro atoms. The minimum absolute atomic E-state index is 0.00725. The van der Waals surface area contributed by atoms with Crippen LogP contribution in [0.2, 0.25) is 0 Å². The van der Waals surface area contributed by atoms with E-state index in [1.807, 2.05) is 62.4 Å². The SMILES string of the molecule is COc1cc(/C=C(\C#N)C(=O)Nc2ccc(C)c(C)c2)ccc1OCc1ccccc1Br. The van der Waals surface area contributed by atoms with Gasteiger partial charge in [0.2, 0.25) is 0 Å². The second-order valence-electron chi connectivity index (χ2n) is 7.21. The van der Waals surface area contributed by atoms with Gasteiger partial charge >= 0.3 is 0 Å². The third kappa shape index (κ3) is 5.77. The predicted molar refractivity (Wildman–Crippen MR) is 130 cm³/mol. The van der Waals surface area contributed by atoms with Gasteiger partial charge < -0.3 is 14.8 Å². The molecule has 3 aromatic carbocycles. The monoisotopic (exact) mass is 490 g/mol. The van der Waals surface area contributed by atoms with E-state index in [1.54, 1.807) is 25.3 Å². The van der Waals surface area contributed by atoms with Gasteiger partial charge in [-0.3, -0.25) is 4.79 Å². The van der Waals surface area contributed by atoms with Crippen LogP contribution in [0.25, 0.3) is 6.08 Å². The molecule has 0 aliphatic heterocycles. The smallest absolute Gasteiger partial charge is 0.266 e. The van der Waals surface area contributed by atoms with Crippen LogP contribution in [-0.2, 0) is 11.4 Å². The number of halogens is 1. The van der Waals surface area contributed by atoms with E-state index in [9.17, 15) is 10.1 Å². The quantitative estimate of drug-likeness (QED) is 0.316. The van der Waals surface area contributed by atoms with E-state index >= 15 is 0 Å². The Morgan fingerprint density at radius 3 is 2.53 bits per heavy atom. The first-order valence-electron chi connectivity index (χ1n) is 9.96. The average Bonchev–Trinajstić information content (AvgIpc) is 2.79. The summed E-state index contributed by atoms with van der Waals surface area (Å²) < 4.78 is 12.3. The standard InChI is InChI=1S/C26H23BrN2O3/c1-17-8-10-22(12-18(17)2)29-26(30)21(15-28)13-19-9-11-24(25(14-19)31-3)32-16-20-6-4-5-7-23(20)27/h4-14H,16H2,1-3H3,(H,29,30)/b21-13+. The van der Waals surface area contributed by atoms with Gasteiger partial charge in [0.15, 0.2) is 11.5 Å². The highest BCUT2D eigenvalue weighted by molar-refractivity contribution is 9.10. The molecule has 162 valence electrons. The molecule has 0 aliphatic rings. The molecule has 3 aromatic rings. The maximum atomic E-state index is 12.6. The van der Waals surface area contributed by atoms with Gasteiger partial charge in [-0.15, -0.1) is 0 Å². The summed E-state index contributed by atoms with van der Waals surface area (Å²) in [6.45, 7) is 4.34. The number of nitrogens with one attached hydrogen (secondary N) is 1. The molecular weight excluding hydrogens is 468 g/mol. The fourth-order valence-corrected chi connectivity index (χ4v) is 3.40. The van der Waals surface area contributed by atoms with Crippen LogP contribution in [0.1, 0.15) is 22.3 Å². The largest absolute Gasteiger partial charge is 0.493 e. The Kier molecular flexibility index (Phi) is 7.69. The summed E-state index contributed by atoms with van der Waals surface area (Å²) in [6.07, 6.45) is 1.52. The Balaban J connectivity index is 1.76. The second kappa shape index (κ2) is 10.7. The summed E-state index contributed by atoms with van der Waals surface area (Å²) in [5.41, 5.74) is 4.50. The van der Waals surface area contributed by atoms with Crippen molar-refractivity contribution in [1.82, 2.24) is 0 Å². The molecule has 1 amide bonds. The fourth-order valence-electron chi connectivity index (χ4n) is 3.00. The Labute approximate surface area is 196 Å². The summed E-state index contributed by atoms with van der Waals surface area (Å²) in [5, 5.41) is 12.3. The van der Waals surface area contributed by atoms with Crippen LogP contribution in [0.3, 0.4) is 0 Å². The topological polar surface area (TPSA) is 71.3 Å². The van der Waals surface area contributed by atoms with Crippen molar-refractivity contribution in [1.29, 1.82) is 5.26 Å². The van der Waals surface area contributed by atoms with E-state index in [2.05, 4.69) is 21.2 Å². The molecule has 0 unspecified atom stereocenters. The number of aryl methyl sites for hydroxylation is 2. The minimum Gasteiger partial charge on any atom is -0.493 e. The molecular formula is C26H23BrN2O3. The lowest BCUT2D eigenvalue weighted by molar-refractivity contribution is -0.112. The van der Waals surface area contributed by atoms with Gasteiger partial charge in [-0.25, -0.2) is 0 Å². The lowest BCUT2D eigenvalue weighted by Crippen LogP contribution is -2.13. The van der Waals surface area contributed by atoms with E-state index in [4.69, 9.17) is 9.47 Å². The summed E-state index contributed by atoms with van der Waals surface area (Å²) in [6, 6.07) is 20.7. The Hall–Kier alpha value is -3.56. The summed E-state index contributed by atoms with van der Waals surface area (Å²) >= 11 is 3.51. The number of amides is 1. The average molecular weight is 491 g/mol. The van der Waals surface area contributed by atoms with Crippen molar-refractivity contribution in [3.8, 4) is 17.6 Å². The zero-order chi connectivity index (χ0) is 23.1. The third-order valence-electron chi connectivity index (χ3n) is 4.97. The van der Waals surface area contributed by atoms with Crippen LogP contribution in [0.4, 0.5) is 5.69 Å². The van der Waals surface area contributed by atoms with E-state index in [-0.39, 0.29) is 5.57 Å². The normalized spacial score (nSPS) is 10.9. The number of carbonyl (C=O) groups excluding carboxylic acids is 1. The van der Waals surface area contributed by atoms with Crippen molar-refractivity contribution in [3.63, 3.8) is 0 Å². The Bertz CT molecular complexity index is 1210. The molecule has 0 radical (unpaired) electrons.